The van der Waals surface area contributed by atoms with Gasteiger partial charge in [-0.05, 0) is 44.5 Å². The van der Waals surface area contributed by atoms with E-state index >= 15 is 0 Å². The van der Waals surface area contributed by atoms with Crippen LogP contribution in [-0.2, 0) is 20.9 Å². The molecule has 0 aliphatic carbocycles. The van der Waals surface area contributed by atoms with Crippen molar-refractivity contribution >= 4 is 5.91 Å². The van der Waals surface area contributed by atoms with E-state index in [-0.39, 0.29) is 31.0 Å². The van der Waals surface area contributed by atoms with E-state index in [0.29, 0.717) is 24.6 Å². The van der Waals surface area contributed by atoms with Crippen molar-refractivity contribution in [1.82, 2.24) is 10.5 Å². The van der Waals surface area contributed by atoms with Gasteiger partial charge in [-0.1, -0.05) is 5.16 Å². The highest BCUT2D eigenvalue weighted by Crippen LogP contribution is 2.20. The van der Waals surface area contributed by atoms with Crippen LogP contribution < -0.4 is 5.32 Å². The van der Waals surface area contributed by atoms with Crippen LogP contribution in [0.4, 0.5) is 4.39 Å². The van der Waals surface area contributed by atoms with Crippen LogP contribution in [0.3, 0.4) is 0 Å². The number of amides is 1. The lowest BCUT2D eigenvalue weighted by Crippen LogP contribution is -2.29. The Kier molecular flexibility index (Phi) is 7.56. The molecule has 1 N–H and O–H groups in total. The highest BCUT2D eigenvalue weighted by molar-refractivity contribution is 5.77. The molecule has 6 nitrogen and oxygen atoms in total. The summed E-state index contributed by atoms with van der Waals surface area (Å²) in [6.07, 6.45) is 0.954. The third-order valence-electron chi connectivity index (χ3n) is 3.27. The lowest BCUT2D eigenvalue weighted by atomic mass is 10.1. The number of rotatable bonds is 10. The largest absolute Gasteiger partial charge is 0.379 e. The summed E-state index contributed by atoms with van der Waals surface area (Å²) in [6.45, 7) is 5.21. The van der Waals surface area contributed by atoms with Gasteiger partial charge in [0.1, 0.15) is 18.1 Å². The van der Waals surface area contributed by atoms with E-state index in [1.807, 2.05) is 13.8 Å². The van der Waals surface area contributed by atoms with Crippen molar-refractivity contribution in [3.8, 4) is 11.3 Å². The highest BCUT2D eigenvalue weighted by atomic mass is 19.1. The van der Waals surface area contributed by atoms with Crippen LogP contribution in [0.15, 0.2) is 34.9 Å². The van der Waals surface area contributed by atoms with Gasteiger partial charge in [0, 0.05) is 24.8 Å². The zero-order valence-corrected chi connectivity index (χ0v) is 14.5. The number of benzene rings is 1. The summed E-state index contributed by atoms with van der Waals surface area (Å²) in [5.74, 6) is 0.0219. The van der Waals surface area contributed by atoms with Crippen LogP contribution >= 0.6 is 0 Å². The minimum atomic E-state index is -0.311. The first kappa shape index (κ1) is 19.1. The van der Waals surface area contributed by atoms with Crippen molar-refractivity contribution in [2.45, 2.75) is 33.0 Å². The maximum atomic E-state index is 12.9. The minimum Gasteiger partial charge on any atom is -0.379 e. The number of hydrogen-bond donors (Lipinski definition) is 1. The summed E-state index contributed by atoms with van der Waals surface area (Å²) in [6, 6.07) is 7.62. The summed E-state index contributed by atoms with van der Waals surface area (Å²) < 4.78 is 28.8. The second-order valence-corrected chi connectivity index (χ2v) is 5.81. The van der Waals surface area contributed by atoms with Gasteiger partial charge >= 0.3 is 0 Å². The Bertz CT molecular complexity index is 655. The summed E-state index contributed by atoms with van der Waals surface area (Å²) in [4.78, 5) is 11.6. The van der Waals surface area contributed by atoms with Crippen LogP contribution in [0, 0.1) is 5.82 Å². The Morgan fingerprint density at radius 3 is 2.80 bits per heavy atom. The normalized spacial score (nSPS) is 11.0. The lowest BCUT2D eigenvalue weighted by molar-refractivity contribution is -0.126. The van der Waals surface area contributed by atoms with Gasteiger partial charge in [0.05, 0.1) is 12.7 Å². The number of halogens is 1. The molecule has 25 heavy (non-hydrogen) atoms. The van der Waals surface area contributed by atoms with Crippen LogP contribution in [0.2, 0.25) is 0 Å². The summed E-state index contributed by atoms with van der Waals surface area (Å²) in [5, 5.41) is 6.63. The molecule has 136 valence electrons. The summed E-state index contributed by atoms with van der Waals surface area (Å²) >= 11 is 0. The molecule has 2 aromatic rings. The Morgan fingerprint density at radius 1 is 1.32 bits per heavy atom. The quantitative estimate of drug-likeness (QED) is 0.667. The van der Waals surface area contributed by atoms with E-state index in [1.54, 1.807) is 18.2 Å². The topological polar surface area (TPSA) is 73.6 Å². The third-order valence-corrected chi connectivity index (χ3v) is 3.27. The van der Waals surface area contributed by atoms with Gasteiger partial charge < -0.3 is 19.3 Å². The minimum absolute atomic E-state index is 0.0518. The molecule has 1 aromatic carbocycles. The Labute approximate surface area is 146 Å². The lowest BCUT2D eigenvalue weighted by Gasteiger charge is -2.08. The number of nitrogens with zero attached hydrogens (tertiary/aromatic N) is 1. The first-order valence-electron chi connectivity index (χ1n) is 8.22. The number of carbonyl (C=O) groups is 1. The predicted molar refractivity (Wildman–Crippen MR) is 90.3 cm³/mol. The maximum absolute atomic E-state index is 12.9. The van der Waals surface area contributed by atoms with Crippen molar-refractivity contribution in [3.63, 3.8) is 0 Å². The average Bonchev–Trinajstić information content (AvgIpc) is 3.04. The van der Waals surface area contributed by atoms with Crippen molar-refractivity contribution in [2.75, 3.05) is 19.8 Å². The van der Waals surface area contributed by atoms with Gasteiger partial charge in [-0.2, -0.15) is 0 Å². The molecule has 0 bridgehead atoms. The molecule has 1 aromatic heterocycles. The fourth-order valence-corrected chi connectivity index (χ4v) is 2.05. The SMILES string of the molecule is CC(C)OCCCNC(=O)COCc1cc(-c2ccc(F)cc2)on1. The van der Waals surface area contributed by atoms with Crippen LogP contribution in [0.1, 0.15) is 26.0 Å². The maximum Gasteiger partial charge on any atom is 0.246 e. The molecule has 0 unspecified atom stereocenters. The van der Waals surface area contributed by atoms with Gasteiger partial charge in [0.25, 0.3) is 0 Å². The van der Waals surface area contributed by atoms with Crippen LogP contribution in [0.25, 0.3) is 11.3 Å². The molecular formula is C18H23FN2O4. The molecule has 1 amide bonds. The van der Waals surface area contributed by atoms with E-state index in [1.165, 1.54) is 12.1 Å². The van der Waals surface area contributed by atoms with Crippen molar-refractivity contribution in [1.29, 1.82) is 0 Å². The molecule has 0 radical (unpaired) electrons. The highest BCUT2D eigenvalue weighted by Gasteiger charge is 2.08. The third kappa shape index (κ3) is 7.03. The zero-order chi connectivity index (χ0) is 18.1. The molecule has 0 atom stereocenters. The van der Waals surface area contributed by atoms with Crippen LogP contribution in [-0.4, -0.2) is 36.9 Å². The van der Waals surface area contributed by atoms with E-state index < -0.39 is 0 Å². The molecule has 7 heteroatoms. The number of hydrogen-bond acceptors (Lipinski definition) is 5. The van der Waals surface area contributed by atoms with Gasteiger partial charge in [-0.25, -0.2) is 4.39 Å². The Hall–Kier alpha value is -2.25. The van der Waals surface area contributed by atoms with Gasteiger partial charge in [0.2, 0.25) is 5.91 Å². The molecule has 2 rings (SSSR count). The van der Waals surface area contributed by atoms with E-state index in [4.69, 9.17) is 14.0 Å². The first-order valence-corrected chi connectivity index (χ1v) is 8.22. The predicted octanol–water partition coefficient (Wildman–Crippen LogP) is 2.93. The van der Waals surface area contributed by atoms with E-state index in [9.17, 15) is 9.18 Å². The second-order valence-electron chi connectivity index (χ2n) is 5.81. The van der Waals surface area contributed by atoms with Crippen LogP contribution in [0.5, 0.6) is 0 Å². The van der Waals surface area contributed by atoms with Gasteiger partial charge in [-0.15, -0.1) is 0 Å². The monoisotopic (exact) mass is 350 g/mol. The number of nitrogens with one attached hydrogen (secondary N) is 1. The molecule has 0 aliphatic heterocycles. The fraction of sp³-hybridized carbons (Fsp3) is 0.444. The summed E-state index contributed by atoms with van der Waals surface area (Å²) in [7, 11) is 0. The van der Waals surface area contributed by atoms with Crippen molar-refractivity contribution < 1.29 is 23.2 Å². The molecule has 0 fully saturated rings. The second kappa shape index (κ2) is 9.90. The van der Waals surface area contributed by atoms with Gasteiger partial charge in [0.15, 0.2) is 5.76 Å². The first-order chi connectivity index (χ1) is 12.0. The van der Waals surface area contributed by atoms with Gasteiger partial charge in [-0.3, -0.25) is 4.79 Å². The number of ether oxygens (including phenoxy) is 2. The smallest absolute Gasteiger partial charge is 0.246 e. The fourth-order valence-electron chi connectivity index (χ4n) is 2.05. The standard InChI is InChI=1S/C18H23FN2O4/c1-13(2)24-9-3-8-20-18(22)12-23-11-16-10-17(25-21-16)14-4-6-15(19)7-5-14/h4-7,10,13H,3,8-9,11-12H2,1-2H3,(H,20,22). The average molecular weight is 350 g/mol. The molecule has 0 saturated heterocycles. The van der Waals surface area contributed by atoms with Crippen molar-refractivity contribution in [2.24, 2.45) is 0 Å². The number of carbonyl (C=O) groups excluding carboxylic acids is 1. The Balaban J connectivity index is 1.65. The van der Waals surface area contributed by atoms with E-state index in [2.05, 4.69) is 10.5 Å². The zero-order valence-electron chi connectivity index (χ0n) is 14.5. The number of aromatic nitrogens is 1. The summed E-state index contributed by atoms with van der Waals surface area (Å²) in [5.41, 5.74) is 1.29. The van der Waals surface area contributed by atoms with E-state index in [0.717, 1.165) is 12.0 Å². The van der Waals surface area contributed by atoms with Crippen molar-refractivity contribution in [3.05, 3.63) is 41.8 Å². The Morgan fingerprint density at radius 2 is 2.08 bits per heavy atom. The molecule has 0 spiro atoms. The molecular weight excluding hydrogens is 327 g/mol. The molecule has 1 heterocycles. The molecule has 0 saturated carbocycles. The molecule has 0 aliphatic rings.